The number of benzene rings is 1. The van der Waals surface area contributed by atoms with Crippen LogP contribution in [0.3, 0.4) is 0 Å². The molecular weight excluding hydrogens is 361 g/mol. The van der Waals surface area contributed by atoms with Gasteiger partial charge in [-0.3, -0.25) is 4.79 Å². The number of rotatable bonds is 4. The van der Waals surface area contributed by atoms with E-state index in [2.05, 4.69) is 10.3 Å². The van der Waals surface area contributed by atoms with Crippen LogP contribution >= 0.6 is 0 Å². The molecule has 138 valence electrons. The molecule has 2 aliphatic heterocycles. The van der Waals surface area contributed by atoms with E-state index in [1.165, 1.54) is 28.8 Å². The summed E-state index contributed by atoms with van der Waals surface area (Å²) in [5.74, 6) is -0.904. The summed E-state index contributed by atoms with van der Waals surface area (Å²) in [7, 11) is -3.51. The molecule has 1 aromatic heterocycles. The number of hydrogen-bond donors (Lipinski definition) is 1. The van der Waals surface area contributed by atoms with Gasteiger partial charge >= 0.3 is 0 Å². The number of nitrogens with one attached hydrogen (secondary N) is 1. The molecule has 1 amide bonds. The second-order valence-electron chi connectivity index (χ2n) is 6.41. The zero-order valence-electron chi connectivity index (χ0n) is 13.9. The molecule has 7 nitrogen and oxygen atoms in total. The lowest BCUT2D eigenvalue weighted by Gasteiger charge is -2.12. The molecule has 4 rings (SSSR count). The Morgan fingerprint density at radius 2 is 2.12 bits per heavy atom. The molecule has 3 heterocycles. The zero-order chi connectivity index (χ0) is 18.3. The van der Waals surface area contributed by atoms with E-state index >= 15 is 0 Å². The summed E-state index contributed by atoms with van der Waals surface area (Å²) in [6.45, 7) is 1.21. The zero-order valence-corrected chi connectivity index (χ0v) is 14.8. The van der Waals surface area contributed by atoms with Gasteiger partial charge in [0.15, 0.2) is 0 Å². The number of carbonyl (C=O) groups is 1. The third kappa shape index (κ3) is 3.01. The molecule has 0 saturated carbocycles. The van der Waals surface area contributed by atoms with Crippen LogP contribution in [0.2, 0.25) is 0 Å². The lowest BCUT2D eigenvalue weighted by Crippen LogP contribution is -2.33. The fourth-order valence-electron chi connectivity index (χ4n) is 3.31. The van der Waals surface area contributed by atoms with Gasteiger partial charge in [-0.25, -0.2) is 17.8 Å². The number of ether oxygens (including phenoxy) is 1. The quantitative estimate of drug-likeness (QED) is 0.867. The molecule has 0 bridgehead atoms. The van der Waals surface area contributed by atoms with Gasteiger partial charge in [-0.2, -0.15) is 0 Å². The summed E-state index contributed by atoms with van der Waals surface area (Å²) in [4.78, 5) is 17.0. The van der Waals surface area contributed by atoms with Crippen molar-refractivity contribution in [3.63, 3.8) is 0 Å². The minimum Gasteiger partial charge on any atom is -0.376 e. The van der Waals surface area contributed by atoms with Gasteiger partial charge in [0.05, 0.1) is 11.9 Å². The molecule has 1 N–H and O–H groups in total. The minimum absolute atomic E-state index is 0.0297. The van der Waals surface area contributed by atoms with Crippen LogP contribution in [0.5, 0.6) is 0 Å². The summed E-state index contributed by atoms with van der Waals surface area (Å²) in [5, 5.41) is 2.70. The Labute approximate surface area is 150 Å². The van der Waals surface area contributed by atoms with Crippen LogP contribution in [0.25, 0.3) is 11.3 Å². The average Bonchev–Trinajstić information content (AvgIpc) is 3.31. The summed E-state index contributed by atoms with van der Waals surface area (Å²) < 4.78 is 44.6. The van der Waals surface area contributed by atoms with Crippen molar-refractivity contribution in [1.82, 2.24) is 14.9 Å². The molecule has 1 atom stereocenters. The molecule has 2 aromatic rings. The van der Waals surface area contributed by atoms with Gasteiger partial charge in [-0.15, -0.1) is 0 Å². The van der Waals surface area contributed by atoms with E-state index in [1.54, 1.807) is 0 Å². The minimum atomic E-state index is -3.51. The number of nitrogens with zero attached hydrogens (tertiary/aromatic N) is 2. The highest BCUT2D eigenvalue weighted by Gasteiger charge is 2.35. The largest absolute Gasteiger partial charge is 0.376 e. The predicted octanol–water partition coefficient (Wildman–Crippen LogP) is 1.39. The van der Waals surface area contributed by atoms with Crippen molar-refractivity contribution >= 4 is 15.7 Å². The van der Waals surface area contributed by atoms with Crippen molar-refractivity contribution in [3.05, 3.63) is 35.8 Å². The number of amides is 1. The molecule has 2 aliphatic rings. The van der Waals surface area contributed by atoms with E-state index in [4.69, 9.17) is 4.74 Å². The number of carbonyl (C=O) groups excluding carboxylic acids is 1. The SMILES string of the molecule is O=C(NCC1CCCO1)c1c(-c2ccc(F)cc2)nc2n1CCS2(=O)=O. The van der Waals surface area contributed by atoms with Gasteiger partial charge in [0, 0.05) is 25.3 Å². The summed E-state index contributed by atoms with van der Waals surface area (Å²) in [6.07, 6.45) is 1.81. The van der Waals surface area contributed by atoms with E-state index in [0.29, 0.717) is 18.7 Å². The fraction of sp³-hybridized carbons (Fsp3) is 0.412. The number of aromatic nitrogens is 2. The Hall–Kier alpha value is -2.26. The molecular formula is C17H18FN3O4S. The Morgan fingerprint density at radius 1 is 1.35 bits per heavy atom. The predicted molar refractivity (Wildman–Crippen MR) is 91.0 cm³/mol. The Balaban J connectivity index is 1.71. The van der Waals surface area contributed by atoms with Crippen molar-refractivity contribution in [2.24, 2.45) is 0 Å². The van der Waals surface area contributed by atoms with Crippen LogP contribution in [-0.2, 0) is 21.1 Å². The Kier molecular flexibility index (Phi) is 4.28. The Morgan fingerprint density at radius 3 is 2.81 bits per heavy atom. The third-order valence-electron chi connectivity index (χ3n) is 4.64. The van der Waals surface area contributed by atoms with Crippen molar-refractivity contribution in [3.8, 4) is 11.3 Å². The Bertz CT molecular complexity index is 947. The number of imidazole rings is 1. The molecule has 0 radical (unpaired) electrons. The molecule has 1 aromatic carbocycles. The molecule has 1 unspecified atom stereocenters. The number of hydrogen-bond acceptors (Lipinski definition) is 5. The smallest absolute Gasteiger partial charge is 0.270 e. The van der Waals surface area contributed by atoms with Gasteiger partial charge in [0.1, 0.15) is 17.2 Å². The number of sulfone groups is 1. The summed E-state index contributed by atoms with van der Waals surface area (Å²) >= 11 is 0. The van der Waals surface area contributed by atoms with E-state index in [0.717, 1.165) is 12.8 Å². The van der Waals surface area contributed by atoms with E-state index < -0.39 is 21.6 Å². The lowest BCUT2D eigenvalue weighted by molar-refractivity contribution is 0.0850. The maximum atomic E-state index is 13.2. The third-order valence-corrected chi connectivity index (χ3v) is 6.23. The molecule has 26 heavy (non-hydrogen) atoms. The molecule has 1 fully saturated rings. The van der Waals surface area contributed by atoms with Gasteiger partial charge < -0.3 is 14.6 Å². The highest BCUT2D eigenvalue weighted by Crippen LogP contribution is 2.30. The number of fused-ring (bicyclic) bond motifs is 1. The van der Waals surface area contributed by atoms with E-state index in [9.17, 15) is 17.6 Å². The van der Waals surface area contributed by atoms with Gasteiger partial charge in [0.2, 0.25) is 15.0 Å². The normalized spacial score (nSPS) is 20.9. The van der Waals surface area contributed by atoms with Crippen molar-refractivity contribution in [2.45, 2.75) is 30.6 Å². The second-order valence-corrected chi connectivity index (χ2v) is 8.42. The summed E-state index contributed by atoms with van der Waals surface area (Å²) in [6, 6.07) is 5.47. The highest BCUT2D eigenvalue weighted by atomic mass is 32.2. The van der Waals surface area contributed by atoms with Crippen LogP contribution < -0.4 is 5.32 Å². The van der Waals surface area contributed by atoms with Crippen LogP contribution in [0.4, 0.5) is 4.39 Å². The fourth-order valence-corrected chi connectivity index (χ4v) is 4.67. The first-order chi connectivity index (χ1) is 12.5. The first-order valence-electron chi connectivity index (χ1n) is 8.45. The van der Waals surface area contributed by atoms with Gasteiger partial charge in [0.25, 0.3) is 5.91 Å². The lowest BCUT2D eigenvalue weighted by atomic mass is 10.1. The average molecular weight is 379 g/mol. The first-order valence-corrected chi connectivity index (χ1v) is 10.1. The topological polar surface area (TPSA) is 90.3 Å². The maximum Gasteiger partial charge on any atom is 0.270 e. The monoisotopic (exact) mass is 379 g/mol. The molecule has 0 spiro atoms. The van der Waals surface area contributed by atoms with Crippen LogP contribution in [0.1, 0.15) is 23.3 Å². The van der Waals surface area contributed by atoms with E-state index in [1.807, 2.05) is 0 Å². The molecule has 1 saturated heterocycles. The molecule has 9 heteroatoms. The van der Waals surface area contributed by atoms with Crippen LogP contribution in [0.15, 0.2) is 29.4 Å². The highest BCUT2D eigenvalue weighted by molar-refractivity contribution is 7.91. The maximum absolute atomic E-state index is 13.2. The summed E-state index contributed by atoms with van der Waals surface area (Å²) in [5.41, 5.74) is 0.921. The number of halogens is 1. The first kappa shape index (κ1) is 17.2. The molecule has 0 aliphatic carbocycles. The van der Waals surface area contributed by atoms with Crippen molar-refractivity contribution < 1.29 is 22.3 Å². The van der Waals surface area contributed by atoms with Crippen LogP contribution in [-0.4, -0.2) is 48.9 Å². The standard InChI is InChI=1S/C17H18FN3O4S/c18-12-5-3-11(4-6-12)14-15(16(22)19-10-13-2-1-8-25-13)21-7-9-26(23,24)17(21)20-14/h3-6,13H,1-2,7-10H2,(H,19,22). The van der Waals surface area contributed by atoms with E-state index in [-0.39, 0.29) is 34.9 Å². The second kappa shape index (κ2) is 6.48. The van der Waals surface area contributed by atoms with Crippen LogP contribution in [0, 0.1) is 5.82 Å². The van der Waals surface area contributed by atoms with Crippen molar-refractivity contribution in [2.75, 3.05) is 18.9 Å². The van der Waals surface area contributed by atoms with Gasteiger partial charge in [-0.05, 0) is 37.1 Å². The van der Waals surface area contributed by atoms with Crippen molar-refractivity contribution in [1.29, 1.82) is 0 Å². The van der Waals surface area contributed by atoms with Gasteiger partial charge in [-0.1, -0.05) is 0 Å².